The molecule has 0 atom stereocenters. The van der Waals surface area contributed by atoms with E-state index in [1.165, 1.54) is 6.07 Å². The molecule has 0 saturated heterocycles. The summed E-state index contributed by atoms with van der Waals surface area (Å²) in [5, 5.41) is 5.32. The summed E-state index contributed by atoms with van der Waals surface area (Å²) in [6, 6.07) is 10.1. The number of ether oxygens (including phenoxy) is 1. The molecule has 156 valence electrons. The summed E-state index contributed by atoms with van der Waals surface area (Å²) in [6.07, 6.45) is -0.865. The van der Waals surface area contributed by atoms with Gasteiger partial charge >= 0.3 is 6.09 Å². The predicted octanol–water partition coefficient (Wildman–Crippen LogP) is 4.27. The molecule has 30 heavy (non-hydrogen) atoms. The van der Waals surface area contributed by atoms with E-state index in [0.717, 1.165) is 12.1 Å². The molecule has 0 radical (unpaired) electrons. The molecule has 0 fully saturated rings. The van der Waals surface area contributed by atoms with Crippen molar-refractivity contribution in [1.82, 2.24) is 0 Å². The van der Waals surface area contributed by atoms with Crippen LogP contribution in [0.1, 0.15) is 41.7 Å². The molecule has 0 aliphatic rings. The highest BCUT2D eigenvalue weighted by Crippen LogP contribution is 2.31. The number of halogens is 1. The van der Waals surface area contributed by atoms with Crippen LogP contribution in [-0.2, 0) is 4.74 Å². The molecule has 2 aromatic carbocycles. The van der Waals surface area contributed by atoms with E-state index in [-0.39, 0.29) is 22.7 Å². The second-order valence-corrected chi connectivity index (χ2v) is 7.44. The standard InChI is InChI=1S/C21H20FN3O5/c1-21(2,3)30-20(28)24-14-10-11(8-9-13(14)22)19(27)25-16-12-6-4-5-7-15(12)29-17(16)18(23)26/h4-10H,1-3H3,(H2,23,26)(H,24,28)(H,25,27). The first-order chi connectivity index (χ1) is 14.0. The molecule has 0 bridgehead atoms. The lowest BCUT2D eigenvalue weighted by Gasteiger charge is -2.20. The van der Waals surface area contributed by atoms with Crippen LogP contribution in [-0.4, -0.2) is 23.5 Å². The van der Waals surface area contributed by atoms with Crippen molar-refractivity contribution in [2.45, 2.75) is 26.4 Å². The Kier molecular flexibility index (Phi) is 5.46. The normalized spacial score (nSPS) is 11.2. The van der Waals surface area contributed by atoms with Crippen molar-refractivity contribution < 1.29 is 27.9 Å². The van der Waals surface area contributed by atoms with E-state index in [4.69, 9.17) is 14.9 Å². The van der Waals surface area contributed by atoms with Gasteiger partial charge in [0.05, 0.1) is 5.69 Å². The Morgan fingerprint density at radius 3 is 2.43 bits per heavy atom. The molecule has 1 aromatic heterocycles. The number of rotatable bonds is 4. The van der Waals surface area contributed by atoms with Crippen LogP contribution >= 0.6 is 0 Å². The molecular formula is C21H20FN3O5. The van der Waals surface area contributed by atoms with Crippen molar-refractivity contribution in [3.05, 3.63) is 59.6 Å². The van der Waals surface area contributed by atoms with Gasteiger partial charge in [-0.1, -0.05) is 12.1 Å². The van der Waals surface area contributed by atoms with E-state index >= 15 is 0 Å². The molecule has 3 amide bonds. The number of fused-ring (bicyclic) bond motifs is 1. The highest BCUT2D eigenvalue weighted by Gasteiger charge is 2.22. The number of carbonyl (C=O) groups excluding carboxylic acids is 3. The molecular weight excluding hydrogens is 393 g/mol. The molecule has 0 saturated carbocycles. The van der Waals surface area contributed by atoms with Crippen molar-refractivity contribution in [3.8, 4) is 0 Å². The van der Waals surface area contributed by atoms with Crippen LogP contribution in [0.25, 0.3) is 11.0 Å². The lowest BCUT2D eigenvalue weighted by atomic mass is 10.1. The molecule has 3 rings (SSSR count). The number of nitrogens with two attached hydrogens (primary N) is 1. The van der Waals surface area contributed by atoms with Gasteiger partial charge < -0.3 is 20.2 Å². The molecule has 0 spiro atoms. The average molecular weight is 413 g/mol. The number of anilines is 2. The van der Waals surface area contributed by atoms with Crippen LogP contribution in [0.15, 0.2) is 46.9 Å². The van der Waals surface area contributed by atoms with E-state index in [0.29, 0.717) is 11.0 Å². The maximum Gasteiger partial charge on any atom is 0.412 e. The summed E-state index contributed by atoms with van der Waals surface area (Å²) in [4.78, 5) is 36.4. The number of benzene rings is 2. The number of carbonyl (C=O) groups is 3. The molecule has 1 heterocycles. The SMILES string of the molecule is CC(C)(C)OC(=O)Nc1cc(C(=O)Nc2c(C(N)=O)oc3ccccc23)ccc1F. The maximum atomic E-state index is 14.1. The highest BCUT2D eigenvalue weighted by molar-refractivity contribution is 6.14. The van der Waals surface area contributed by atoms with Crippen LogP contribution < -0.4 is 16.4 Å². The van der Waals surface area contributed by atoms with Gasteiger partial charge in [-0.15, -0.1) is 0 Å². The second kappa shape index (κ2) is 7.86. The first kappa shape index (κ1) is 20.8. The lowest BCUT2D eigenvalue weighted by Crippen LogP contribution is -2.27. The molecule has 4 N–H and O–H groups in total. The summed E-state index contributed by atoms with van der Waals surface area (Å²) >= 11 is 0. The second-order valence-electron chi connectivity index (χ2n) is 7.44. The van der Waals surface area contributed by atoms with Gasteiger partial charge in [0, 0.05) is 10.9 Å². The van der Waals surface area contributed by atoms with E-state index in [1.807, 2.05) is 0 Å². The van der Waals surface area contributed by atoms with Gasteiger partial charge in [0.2, 0.25) is 5.76 Å². The minimum absolute atomic E-state index is 0.0307. The van der Waals surface area contributed by atoms with Gasteiger partial charge in [0.25, 0.3) is 11.8 Å². The third-order valence-corrected chi connectivity index (χ3v) is 3.92. The summed E-state index contributed by atoms with van der Waals surface area (Å²) in [5.74, 6) is -2.47. The van der Waals surface area contributed by atoms with Gasteiger partial charge in [-0.3, -0.25) is 14.9 Å². The third-order valence-electron chi connectivity index (χ3n) is 3.92. The Morgan fingerprint density at radius 1 is 1.07 bits per heavy atom. The van der Waals surface area contributed by atoms with Crippen molar-refractivity contribution in [3.63, 3.8) is 0 Å². The number of hydrogen-bond donors (Lipinski definition) is 3. The number of primary amides is 1. The van der Waals surface area contributed by atoms with Crippen molar-refractivity contribution in [2.24, 2.45) is 5.73 Å². The van der Waals surface area contributed by atoms with Crippen molar-refractivity contribution in [2.75, 3.05) is 10.6 Å². The van der Waals surface area contributed by atoms with Gasteiger partial charge in [-0.25, -0.2) is 9.18 Å². The summed E-state index contributed by atoms with van der Waals surface area (Å²) in [5.41, 5.74) is 4.84. The first-order valence-electron chi connectivity index (χ1n) is 8.97. The molecule has 3 aromatic rings. The van der Waals surface area contributed by atoms with E-state index in [9.17, 15) is 18.8 Å². The number of hydrogen-bond acceptors (Lipinski definition) is 5. The van der Waals surface area contributed by atoms with Crippen LogP contribution in [0, 0.1) is 5.82 Å². The molecule has 9 heteroatoms. The zero-order valence-electron chi connectivity index (χ0n) is 16.5. The maximum absolute atomic E-state index is 14.1. The number of para-hydroxylation sites is 1. The summed E-state index contributed by atoms with van der Waals surface area (Å²) in [6.45, 7) is 5.00. The zero-order chi connectivity index (χ0) is 22.1. The first-order valence-corrected chi connectivity index (χ1v) is 8.97. The van der Waals surface area contributed by atoms with Crippen LogP contribution in [0.3, 0.4) is 0 Å². The van der Waals surface area contributed by atoms with Crippen LogP contribution in [0.4, 0.5) is 20.6 Å². The third kappa shape index (κ3) is 4.57. The molecule has 8 nitrogen and oxygen atoms in total. The highest BCUT2D eigenvalue weighted by atomic mass is 19.1. The number of amides is 3. The zero-order valence-corrected chi connectivity index (χ0v) is 16.5. The predicted molar refractivity (Wildman–Crippen MR) is 109 cm³/mol. The largest absolute Gasteiger partial charge is 0.449 e. The smallest absolute Gasteiger partial charge is 0.412 e. The Balaban J connectivity index is 1.88. The average Bonchev–Trinajstić information content (AvgIpc) is 3.01. The van der Waals surface area contributed by atoms with Crippen molar-refractivity contribution in [1.29, 1.82) is 0 Å². The topological polar surface area (TPSA) is 124 Å². The minimum Gasteiger partial charge on any atom is -0.449 e. The molecule has 0 unspecified atom stereocenters. The number of furan rings is 1. The van der Waals surface area contributed by atoms with Crippen molar-refractivity contribution >= 4 is 40.3 Å². The Hall–Kier alpha value is -3.88. The van der Waals surface area contributed by atoms with E-state index in [2.05, 4.69) is 10.6 Å². The Labute approximate surface area is 171 Å². The summed E-state index contributed by atoms with van der Waals surface area (Å²) < 4.78 is 24.6. The minimum atomic E-state index is -0.865. The van der Waals surface area contributed by atoms with E-state index < -0.39 is 29.3 Å². The fourth-order valence-electron chi connectivity index (χ4n) is 2.70. The van der Waals surface area contributed by atoms with Crippen LogP contribution in [0.2, 0.25) is 0 Å². The number of nitrogens with one attached hydrogen (secondary N) is 2. The van der Waals surface area contributed by atoms with Gasteiger partial charge in [0.15, 0.2) is 0 Å². The fourth-order valence-corrected chi connectivity index (χ4v) is 2.70. The summed E-state index contributed by atoms with van der Waals surface area (Å²) in [7, 11) is 0. The molecule has 0 aliphatic carbocycles. The Bertz CT molecular complexity index is 1150. The van der Waals surface area contributed by atoms with Crippen LogP contribution in [0.5, 0.6) is 0 Å². The Morgan fingerprint density at radius 2 is 1.77 bits per heavy atom. The lowest BCUT2D eigenvalue weighted by molar-refractivity contribution is 0.0634. The van der Waals surface area contributed by atoms with Gasteiger partial charge in [0.1, 0.15) is 22.7 Å². The van der Waals surface area contributed by atoms with Gasteiger partial charge in [-0.05, 0) is 51.1 Å². The van der Waals surface area contributed by atoms with Gasteiger partial charge in [-0.2, -0.15) is 0 Å². The monoisotopic (exact) mass is 413 g/mol. The fraction of sp³-hybridized carbons (Fsp3) is 0.190. The van der Waals surface area contributed by atoms with E-state index in [1.54, 1.807) is 45.0 Å². The molecule has 0 aliphatic heterocycles. The quantitative estimate of drug-likeness (QED) is 0.589.